The van der Waals surface area contributed by atoms with E-state index < -0.39 is 23.8 Å². The summed E-state index contributed by atoms with van der Waals surface area (Å²) in [6.45, 7) is 5.18. The van der Waals surface area contributed by atoms with E-state index in [0.29, 0.717) is 5.78 Å². The molecule has 1 aromatic carbocycles. The molecule has 0 spiro atoms. The van der Waals surface area contributed by atoms with Crippen LogP contribution < -0.4 is 16.0 Å². The highest BCUT2D eigenvalue weighted by molar-refractivity contribution is 5.78. The number of rotatable bonds is 5. The van der Waals surface area contributed by atoms with E-state index >= 15 is 0 Å². The van der Waals surface area contributed by atoms with Crippen LogP contribution in [0.3, 0.4) is 0 Å². The summed E-state index contributed by atoms with van der Waals surface area (Å²) in [7, 11) is 3.12. The van der Waals surface area contributed by atoms with Crippen LogP contribution in [0.5, 0.6) is 5.75 Å². The number of hydrogen-bond acceptors (Lipinski definition) is 6. The van der Waals surface area contributed by atoms with Gasteiger partial charge in [0.2, 0.25) is 5.78 Å². The van der Waals surface area contributed by atoms with Crippen molar-refractivity contribution in [3.8, 4) is 11.4 Å². The number of esters is 1. The molecule has 0 aliphatic carbocycles. The van der Waals surface area contributed by atoms with Crippen molar-refractivity contribution in [1.29, 1.82) is 0 Å². The second-order valence-corrected chi connectivity index (χ2v) is 7.16. The molecule has 10 nitrogen and oxygen atoms in total. The zero-order valence-electron chi connectivity index (χ0n) is 18.0. The van der Waals surface area contributed by atoms with Gasteiger partial charge in [-0.2, -0.15) is 4.98 Å². The number of carbonyl (C=O) groups is 1. The molecular formula is C21H23N5O5. The smallest absolute Gasteiger partial charge is 0.333 e. The fourth-order valence-corrected chi connectivity index (χ4v) is 3.77. The maximum absolute atomic E-state index is 13.3. The SMILES string of the molecule is CCOC(=O)Cn1c(=O)c2c(nc3n(-c4ccc(OC)cc4)c(C)c(C)n23)n(C)c1=O. The van der Waals surface area contributed by atoms with E-state index in [2.05, 4.69) is 4.98 Å². The maximum Gasteiger partial charge on any atom is 0.333 e. The lowest BCUT2D eigenvalue weighted by atomic mass is 10.3. The molecule has 0 saturated carbocycles. The average molecular weight is 425 g/mol. The van der Waals surface area contributed by atoms with E-state index in [1.807, 2.05) is 42.7 Å². The highest BCUT2D eigenvalue weighted by Crippen LogP contribution is 2.25. The Morgan fingerprint density at radius 1 is 1.10 bits per heavy atom. The Morgan fingerprint density at radius 2 is 1.77 bits per heavy atom. The Kier molecular flexibility index (Phi) is 4.92. The van der Waals surface area contributed by atoms with Crippen molar-refractivity contribution in [2.45, 2.75) is 27.3 Å². The van der Waals surface area contributed by atoms with Gasteiger partial charge in [-0.15, -0.1) is 0 Å². The van der Waals surface area contributed by atoms with E-state index in [1.54, 1.807) is 18.4 Å². The zero-order valence-corrected chi connectivity index (χ0v) is 18.0. The van der Waals surface area contributed by atoms with Gasteiger partial charge in [-0.25, -0.2) is 9.36 Å². The van der Waals surface area contributed by atoms with Gasteiger partial charge >= 0.3 is 11.7 Å². The summed E-state index contributed by atoms with van der Waals surface area (Å²) in [6, 6.07) is 7.46. The fraction of sp³-hybridized carbons (Fsp3) is 0.333. The first kappa shape index (κ1) is 20.5. The highest BCUT2D eigenvalue weighted by atomic mass is 16.5. The summed E-state index contributed by atoms with van der Waals surface area (Å²) in [5.74, 6) is 0.570. The van der Waals surface area contributed by atoms with Gasteiger partial charge in [-0.1, -0.05) is 0 Å². The fourth-order valence-electron chi connectivity index (χ4n) is 3.77. The molecule has 162 valence electrons. The number of benzene rings is 1. The molecule has 31 heavy (non-hydrogen) atoms. The second-order valence-electron chi connectivity index (χ2n) is 7.16. The summed E-state index contributed by atoms with van der Waals surface area (Å²) in [5.41, 5.74) is 1.78. The molecule has 0 saturated heterocycles. The van der Waals surface area contributed by atoms with Crippen molar-refractivity contribution in [2.24, 2.45) is 7.05 Å². The number of fused-ring (bicyclic) bond motifs is 3. The van der Waals surface area contributed by atoms with Crippen LogP contribution in [-0.2, 0) is 23.1 Å². The van der Waals surface area contributed by atoms with E-state index in [4.69, 9.17) is 9.47 Å². The molecule has 0 aliphatic rings. The number of imidazole rings is 2. The molecule has 0 fully saturated rings. The largest absolute Gasteiger partial charge is 0.497 e. The first-order chi connectivity index (χ1) is 14.8. The van der Waals surface area contributed by atoms with Crippen LogP contribution in [0.4, 0.5) is 0 Å². The lowest BCUT2D eigenvalue weighted by Gasteiger charge is -2.08. The molecule has 3 aromatic heterocycles. The van der Waals surface area contributed by atoms with Crippen LogP contribution in [0.25, 0.3) is 22.6 Å². The van der Waals surface area contributed by atoms with E-state index in [-0.39, 0.29) is 17.8 Å². The summed E-state index contributed by atoms with van der Waals surface area (Å²) in [6.07, 6.45) is 0. The lowest BCUT2D eigenvalue weighted by molar-refractivity contribution is -0.143. The second kappa shape index (κ2) is 7.46. The summed E-state index contributed by atoms with van der Waals surface area (Å²) < 4.78 is 15.9. The topological polar surface area (TPSA) is 102 Å². The van der Waals surface area contributed by atoms with Crippen LogP contribution in [0.2, 0.25) is 0 Å². The Labute approximate surface area is 176 Å². The maximum atomic E-state index is 13.3. The van der Waals surface area contributed by atoms with Crippen molar-refractivity contribution in [2.75, 3.05) is 13.7 Å². The van der Waals surface area contributed by atoms with Gasteiger partial charge in [0.25, 0.3) is 5.56 Å². The zero-order chi connectivity index (χ0) is 22.4. The Balaban J connectivity index is 2.04. The summed E-state index contributed by atoms with van der Waals surface area (Å²) >= 11 is 0. The van der Waals surface area contributed by atoms with Crippen molar-refractivity contribution in [3.63, 3.8) is 0 Å². The first-order valence-electron chi connectivity index (χ1n) is 9.80. The average Bonchev–Trinajstić information content (AvgIpc) is 3.25. The molecular weight excluding hydrogens is 402 g/mol. The van der Waals surface area contributed by atoms with E-state index in [9.17, 15) is 14.4 Å². The molecule has 0 atom stereocenters. The third-order valence-electron chi connectivity index (χ3n) is 5.44. The quantitative estimate of drug-likeness (QED) is 0.447. The van der Waals surface area contributed by atoms with E-state index in [0.717, 1.165) is 27.4 Å². The number of carbonyl (C=O) groups excluding carboxylic acids is 1. The van der Waals surface area contributed by atoms with Crippen LogP contribution >= 0.6 is 0 Å². The lowest BCUT2D eigenvalue weighted by Crippen LogP contribution is -2.41. The van der Waals surface area contributed by atoms with Gasteiger partial charge in [0.15, 0.2) is 11.2 Å². The molecule has 4 rings (SSSR count). The highest BCUT2D eigenvalue weighted by Gasteiger charge is 2.24. The van der Waals surface area contributed by atoms with Gasteiger partial charge in [0.1, 0.15) is 12.3 Å². The molecule has 0 aliphatic heterocycles. The number of ether oxygens (including phenoxy) is 2. The molecule has 0 unspecified atom stereocenters. The van der Waals surface area contributed by atoms with Gasteiger partial charge < -0.3 is 9.47 Å². The Morgan fingerprint density at radius 3 is 2.39 bits per heavy atom. The number of aryl methyl sites for hydroxylation is 2. The van der Waals surface area contributed by atoms with Crippen LogP contribution in [0.1, 0.15) is 18.3 Å². The van der Waals surface area contributed by atoms with Crippen LogP contribution in [-0.4, -0.2) is 42.8 Å². The number of hydrogen-bond donors (Lipinski definition) is 0. The van der Waals surface area contributed by atoms with Gasteiger partial charge in [0, 0.05) is 24.1 Å². The molecule has 10 heteroatoms. The van der Waals surface area contributed by atoms with Gasteiger partial charge in [-0.05, 0) is 45.0 Å². The standard InChI is InChI=1S/C21H23N5O5/c1-6-31-16(27)11-24-19(28)17-18(23(4)21(24)29)22-20-25(12(2)13(3)26(17)20)14-7-9-15(30-5)10-8-14/h7-10H,6,11H2,1-5H3. The molecule has 0 bridgehead atoms. The van der Waals surface area contributed by atoms with Crippen molar-refractivity contribution < 1.29 is 14.3 Å². The van der Waals surface area contributed by atoms with Crippen LogP contribution in [0, 0.1) is 13.8 Å². The Bertz CT molecular complexity index is 1440. The molecule has 4 aromatic rings. The minimum Gasteiger partial charge on any atom is -0.497 e. The molecule has 0 amide bonds. The van der Waals surface area contributed by atoms with E-state index in [1.165, 1.54) is 11.6 Å². The van der Waals surface area contributed by atoms with Crippen LogP contribution in [0.15, 0.2) is 33.9 Å². The third kappa shape index (κ3) is 3.02. The number of methoxy groups -OCH3 is 1. The minimum atomic E-state index is -0.648. The minimum absolute atomic E-state index is 0.163. The summed E-state index contributed by atoms with van der Waals surface area (Å²) in [4.78, 5) is 42.6. The molecule has 0 N–H and O–H groups in total. The van der Waals surface area contributed by atoms with Crippen molar-refractivity contribution in [1.82, 2.24) is 23.1 Å². The predicted molar refractivity (Wildman–Crippen MR) is 114 cm³/mol. The third-order valence-corrected chi connectivity index (χ3v) is 5.44. The van der Waals surface area contributed by atoms with Crippen molar-refractivity contribution in [3.05, 3.63) is 56.5 Å². The van der Waals surface area contributed by atoms with Gasteiger partial charge in [0.05, 0.1) is 13.7 Å². The molecule has 0 radical (unpaired) electrons. The van der Waals surface area contributed by atoms with Crippen molar-refractivity contribution >= 4 is 22.9 Å². The monoisotopic (exact) mass is 425 g/mol. The number of aromatic nitrogens is 5. The van der Waals surface area contributed by atoms with Gasteiger partial charge in [-0.3, -0.25) is 23.1 Å². The Hall–Kier alpha value is -3.82. The summed E-state index contributed by atoms with van der Waals surface area (Å²) in [5, 5.41) is 0. The normalized spacial score (nSPS) is 11.4. The first-order valence-corrected chi connectivity index (χ1v) is 9.80. The molecule has 3 heterocycles. The number of nitrogens with zero attached hydrogens (tertiary/aromatic N) is 5. The predicted octanol–water partition coefficient (Wildman–Crippen LogP) is 1.33.